The van der Waals surface area contributed by atoms with Gasteiger partial charge in [0, 0.05) is 6.92 Å². The summed E-state index contributed by atoms with van der Waals surface area (Å²) in [6.07, 6.45) is 0. The van der Waals surface area contributed by atoms with Crippen molar-refractivity contribution in [2.45, 2.75) is 12.9 Å². The fraction of sp³-hybridized carbons (Fsp3) is 0.250. The minimum Gasteiger partial charge on any atom is -0.343 e. The lowest BCUT2D eigenvalue weighted by Gasteiger charge is -2.20. The molecule has 0 aromatic heterocycles. The molecule has 0 amide bonds. The quantitative estimate of drug-likeness (QED) is 0.497. The Morgan fingerprint density at radius 2 is 1.79 bits per heavy atom. The summed E-state index contributed by atoms with van der Waals surface area (Å²) >= 11 is 0. The summed E-state index contributed by atoms with van der Waals surface area (Å²) in [4.78, 5) is 9.33. The second kappa shape index (κ2) is 3.81. The van der Waals surface area contributed by atoms with Crippen LogP contribution in [-0.4, -0.2) is 21.1 Å². The average Bonchev–Trinajstić information content (AvgIpc) is 2.01. The number of rotatable bonds is 3. The molecule has 0 aliphatic rings. The number of benzene rings is 1. The van der Waals surface area contributed by atoms with Gasteiger partial charge in [0.05, 0.1) is 5.30 Å². The highest BCUT2D eigenvalue weighted by Gasteiger charge is 2.32. The molecule has 0 saturated heterocycles. The van der Waals surface area contributed by atoms with Gasteiger partial charge in [-0.25, -0.2) is 4.52 Å². The maximum absolute atomic E-state index is 11.4. The van der Waals surface area contributed by atoms with Crippen LogP contribution < -0.4 is 5.30 Å². The summed E-state index contributed by atoms with van der Waals surface area (Å²) in [5.41, 5.74) is 0. The lowest BCUT2D eigenvalue weighted by atomic mass is 10.4. The minimum absolute atomic E-state index is 0.00863. The van der Waals surface area contributed by atoms with Crippen LogP contribution in [0.25, 0.3) is 0 Å². The predicted molar refractivity (Wildman–Crippen MR) is 49.8 cm³/mol. The molecule has 6 heteroatoms. The van der Waals surface area contributed by atoms with Gasteiger partial charge in [-0.05, 0) is 12.1 Å². The third-order valence-electron chi connectivity index (χ3n) is 1.38. The summed E-state index contributed by atoms with van der Waals surface area (Å²) in [5, 5.41) is 17.6. The van der Waals surface area contributed by atoms with E-state index in [1.54, 1.807) is 18.2 Å². The van der Waals surface area contributed by atoms with Crippen LogP contribution in [0.15, 0.2) is 30.3 Å². The van der Waals surface area contributed by atoms with E-state index in [-0.39, 0.29) is 5.30 Å². The highest BCUT2D eigenvalue weighted by Crippen LogP contribution is 2.43. The molecule has 0 saturated carbocycles. The third-order valence-corrected chi connectivity index (χ3v) is 2.92. The van der Waals surface area contributed by atoms with Crippen molar-refractivity contribution in [3.8, 4) is 0 Å². The van der Waals surface area contributed by atoms with Crippen molar-refractivity contribution in [1.82, 2.24) is 0 Å². The van der Waals surface area contributed by atoms with E-state index in [0.29, 0.717) is 0 Å². The van der Waals surface area contributed by atoms with Crippen LogP contribution in [0, 0.1) is 0 Å². The van der Waals surface area contributed by atoms with Crippen LogP contribution in [0.2, 0.25) is 0 Å². The van der Waals surface area contributed by atoms with E-state index in [2.05, 4.69) is 4.52 Å². The van der Waals surface area contributed by atoms with Gasteiger partial charge in [-0.2, -0.15) is 0 Å². The van der Waals surface area contributed by atoms with E-state index < -0.39 is 13.6 Å². The minimum atomic E-state index is -4.17. The standard InChI is InChI=1S/C8H11O5P/c1-8(9,10)13-14(11,12)7-5-3-2-4-6-7/h2-6,9-10H,1H3,(H,11,12). The van der Waals surface area contributed by atoms with E-state index in [9.17, 15) is 9.46 Å². The zero-order chi connectivity index (χ0) is 10.8. The monoisotopic (exact) mass is 218 g/mol. The second-order valence-corrected chi connectivity index (χ2v) is 4.62. The Kier molecular flexibility index (Phi) is 3.09. The van der Waals surface area contributed by atoms with E-state index in [1.807, 2.05) is 0 Å². The maximum atomic E-state index is 11.4. The van der Waals surface area contributed by atoms with Crippen LogP contribution in [0.5, 0.6) is 0 Å². The molecular weight excluding hydrogens is 207 g/mol. The summed E-state index contributed by atoms with van der Waals surface area (Å²) in [6.45, 7) is 0.860. The van der Waals surface area contributed by atoms with Gasteiger partial charge in [0.2, 0.25) is 0 Å². The van der Waals surface area contributed by atoms with Gasteiger partial charge < -0.3 is 15.1 Å². The van der Waals surface area contributed by atoms with E-state index in [1.165, 1.54) is 12.1 Å². The molecule has 0 aliphatic carbocycles. The SMILES string of the molecule is CC(O)(O)OP(=O)(O)c1ccccc1. The van der Waals surface area contributed by atoms with Crippen LogP contribution >= 0.6 is 7.60 Å². The fourth-order valence-electron chi connectivity index (χ4n) is 0.903. The van der Waals surface area contributed by atoms with E-state index in [4.69, 9.17) is 10.2 Å². The Morgan fingerprint density at radius 3 is 2.21 bits per heavy atom. The zero-order valence-electron chi connectivity index (χ0n) is 7.49. The Balaban J connectivity index is 2.93. The number of aliphatic hydroxyl groups is 2. The molecule has 1 aromatic rings. The van der Waals surface area contributed by atoms with Crippen LogP contribution in [0.1, 0.15) is 6.92 Å². The molecule has 0 fully saturated rings. The molecule has 14 heavy (non-hydrogen) atoms. The molecule has 78 valence electrons. The summed E-state index contributed by atoms with van der Waals surface area (Å²) < 4.78 is 15.7. The molecule has 3 N–H and O–H groups in total. The van der Waals surface area contributed by atoms with E-state index >= 15 is 0 Å². The molecule has 1 unspecified atom stereocenters. The highest BCUT2D eigenvalue weighted by atomic mass is 31.2. The van der Waals surface area contributed by atoms with Gasteiger partial charge in [-0.15, -0.1) is 0 Å². The first kappa shape index (κ1) is 11.4. The first-order valence-corrected chi connectivity index (χ1v) is 5.43. The summed E-state index contributed by atoms with van der Waals surface area (Å²) in [7, 11) is -4.17. The molecule has 0 bridgehead atoms. The second-order valence-electron chi connectivity index (χ2n) is 2.88. The van der Waals surface area contributed by atoms with Crippen LogP contribution in [-0.2, 0) is 9.09 Å². The van der Waals surface area contributed by atoms with Gasteiger partial charge in [-0.3, -0.25) is 4.57 Å². The van der Waals surface area contributed by atoms with Crippen LogP contribution in [0.3, 0.4) is 0 Å². The summed E-state index contributed by atoms with van der Waals surface area (Å²) in [6, 6.07) is 7.50. The number of hydrogen-bond donors (Lipinski definition) is 3. The fourth-order valence-corrected chi connectivity index (χ4v) is 2.03. The van der Waals surface area contributed by atoms with Crippen molar-refractivity contribution >= 4 is 12.9 Å². The highest BCUT2D eigenvalue weighted by molar-refractivity contribution is 7.61. The Morgan fingerprint density at radius 1 is 1.29 bits per heavy atom. The van der Waals surface area contributed by atoms with Crippen molar-refractivity contribution < 1.29 is 24.2 Å². The molecule has 0 aliphatic heterocycles. The molecule has 1 aromatic carbocycles. The normalized spacial score (nSPS) is 16.3. The third kappa shape index (κ3) is 3.21. The van der Waals surface area contributed by atoms with Gasteiger partial charge in [-0.1, -0.05) is 18.2 Å². The van der Waals surface area contributed by atoms with Gasteiger partial charge >= 0.3 is 7.60 Å². The predicted octanol–water partition coefficient (Wildman–Crippen LogP) is 0.172. The molecule has 0 spiro atoms. The Bertz CT molecular complexity index is 342. The lowest BCUT2D eigenvalue weighted by Crippen LogP contribution is -2.27. The van der Waals surface area contributed by atoms with Crippen molar-refractivity contribution in [3.05, 3.63) is 30.3 Å². The molecule has 1 rings (SSSR count). The maximum Gasteiger partial charge on any atom is 0.363 e. The topological polar surface area (TPSA) is 87.0 Å². The largest absolute Gasteiger partial charge is 0.363 e. The molecule has 0 radical (unpaired) electrons. The van der Waals surface area contributed by atoms with E-state index in [0.717, 1.165) is 6.92 Å². The Hall–Kier alpha value is -0.710. The van der Waals surface area contributed by atoms with Crippen molar-refractivity contribution in [3.63, 3.8) is 0 Å². The molecule has 1 atom stereocenters. The van der Waals surface area contributed by atoms with Gasteiger partial charge in [0.25, 0.3) is 5.97 Å². The lowest BCUT2D eigenvalue weighted by molar-refractivity contribution is -0.279. The first-order valence-electron chi connectivity index (χ1n) is 3.85. The Labute approximate surface area is 81.1 Å². The van der Waals surface area contributed by atoms with Crippen LogP contribution in [0.4, 0.5) is 0 Å². The van der Waals surface area contributed by atoms with Gasteiger partial charge in [0.1, 0.15) is 0 Å². The molecule has 0 heterocycles. The van der Waals surface area contributed by atoms with Crippen molar-refractivity contribution in [1.29, 1.82) is 0 Å². The first-order chi connectivity index (χ1) is 6.31. The molecular formula is C8H11O5P. The van der Waals surface area contributed by atoms with Crippen molar-refractivity contribution in [2.24, 2.45) is 0 Å². The number of hydrogen-bond acceptors (Lipinski definition) is 4. The van der Waals surface area contributed by atoms with Crippen molar-refractivity contribution in [2.75, 3.05) is 0 Å². The zero-order valence-corrected chi connectivity index (χ0v) is 8.39. The average molecular weight is 218 g/mol. The smallest absolute Gasteiger partial charge is 0.343 e. The summed E-state index contributed by atoms with van der Waals surface area (Å²) in [5.74, 6) is -2.62. The van der Waals surface area contributed by atoms with Gasteiger partial charge in [0.15, 0.2) is 0 Å². The molecule has 5 nitrogen and oxygen atoms in total.